The van der Waals surface area contributed by atoms with E-state index in [0.29, 0.717) is 12.0 Å². The second-order valence-electron chi connectivity index (χ2n) is 3.79. The van der Waals surface area contributed by atoms with Crippen LogP contribution in [0.25, 0.3) is 10.8 Å². The number of hydrogen-bond acceptors (Lipinski definition) is 3. The Bertz CT molecular complexity index is 587. The van der Waals surface area contributed by atoms with Crippen molar-refractivity contribution in [1.29, 1.82) is 0 Å². The molecule has 0 radical (unpaired) electrons. The van der Waals surface area contributed by atoms with Crippen molar-refractivity contribution in [2.24, 2.45) is 4.99 Å². The average Bonchev–Trinajstić information content (AvgIpc) is 2.32. The molecule has 17 heavy (non-hydrogen) atoms. The van der Waals surface area contributed by atoms with Crippen molar-refractivity contribution in [3.8, 4) is 0 Å². The van der Waals surface area contributed by atoms with Gasteiger partial charge in [-0.3, -0.25) is 4.99 Å². The first kappa shape index (κ1) is 11.5. The first-order chi connectivity index (χ1) is 8.26. The molecule has 2 rings (SSSR count). The molecular weight excluding hydrogens is 214 g/mol. The number of nitrogens with zero attached hydrogens (tertiary/aromatic N) is 2. The monoisotopic (exact) mass is 231 g/mol. The van der Waals surface area contributed by atoms with Gasteiger partial charge >= 0.3 is 0 Å². The van der Waals surface area contributed by atoms with Crippen LogP contribution in [0.15, 0.2) is 35.5 Å². The molecule has 1 heterocycles. The molecule has 0 saturated carbocycles. The summed E-state index contributed by atoms with van der Waals surface area (Å²) < 4.78 is 1.08. The highest BCUT2D eigenvalue weighted by molar-refractivity contribution is 5.93. The molecule has 2 N–H and O–H groups in total. The van der Waals surface area contributed by atoms with Gasteiger partial charge in [0.2, 0.25) is 0 Å². The number of fused-ring (bicyclic) bond motifs is 1. The fraction of sp³-hybridized carbons (Fsp3) is 0.308. The lowest BCUT2D eigenvalue weighted by molar-refractivity contribution is 0.173. The molecule has 0 aliphatic rings. The predicted octanol–water partition coefficient (Wildman–Crippen LogP) is 2.23. The average molecular weight is 231 g/mol. The SMILES string of the molecule is CCN=c1cc2cccc(NCC)c2cn1O. The van der Waals surface area contributed by atoms with E-state index in [-0.39, 0.29) is 0 Å². The van der Waals surface area contributed by atoms with Crippen LogP contribution in [0.5, 0.6) is 0 Å². The zero-order chi connectivity index (χ0) is 12.3. The highest BCUT2D eigenvalue weighted by atomic mass is 16.5. The number of rotatable bonds is 3. The maximum Gasteiger partial charge on any atom is 0.163 e. The van der Waals surface area contributed by atoms with Gasteiger partial charge < -0.3 is 10.5 Å². The first-order valence-electron chi connectivity index (χ1n) is 5.85. The smallest absolute Gasteiger partial charge is 0.163 e. The standard InChI is InChI=1S/C13H17N3O/c1-3-14-12-7-5-6-10-8-13(15-4-2)16(17)9-11(10)12/h5-9,14,17H,3-4H2,1-2H3. The molecule has 0 fully saturated rings. The van der Waals surface area contributed by atoms with Gasteiger partial charge in [0.25, 0.3) is 0 Å². The summed E-state index contributed by atoms with van der Waals surface area (Å²) in [6.45, 7) is 5.50. The summed E-state index contributed by atoms with van der Waals surface area (Å²) in [4.78, 5) is 4.22. The molecule has 0 aliphatic carbocycles. The highest BCUT2D eigenvalue weighted by Gasteiger charge is 2.02. The van der Waals surface area contributed by atoms with E-state index in [2.05, 4.69) is 10.3 Å². The maximum absolute atomic E-state index is 9.83. The molecule has 2 aromatic rings. The molecule has 0 bridgehead atoms. The van der Waals surface area contributed by atoms with E-state index in [4.69, 9.17) is 0 Å². The lowest BCUT2D eigenvalue weighted by Crippen LogP contribution is -2.18. The van der Waals surface area contributed by atoms with Crippen molar-refractivity contribution in [1.82, 2.24) is 4.73 Å². The summed E-state index contributed by atoms with van der Waals surface area (Å²) in [6.07, 6.45) is 1.70. The van der Waals surface area contributed by atoms with Crippen LogP contribution in [0.3, 0.4) is 0 Å². The van der Waals surface area contributed by atoms with Gasteiger partial charge in [-0.15, -0.1) is 0 Å². The number of anilines is 1. The molecule has 1 aromatic carbocycles. The van der Waals surface area contributed by atoms with Crippen LogP contribution >= 0.6 is 0 Å². The summed E-state index contributed by atoms with van der Waals surface area (Å²) in [5.74, 6) is 0. The van der Waals surface area contributed by atoms with Gasteiger partial charge in [0, 0.05) is 24.2 Å². The minimum atomic E-state index is 0.577. The van der Waals surface area contributed by atoms with Crippen LogP contribution in [0, 0.1) is 0 Å². The third kappa shape index (κ3) is 2.25. The molecular formula is C13H17N3O. The van der Waals surface area contributed by atoms with E-state index in [1.807, 2.05) is 38.1 Å². The summed E-state index contributed by atoms with van der Waals surface area (Å²) >= 11 is 0. The summed E-state index contributed by atoms with van der Waals surface area (Å²) in [6, 6.07) is 7.91. The molecule has 0 aliphatic heterocycles. The maximum atomic E-state index is 9.83. The molecule has 0 unspecified atom stereocenters. The first-order valence-corrected chi connectivity index (χ1v) is 5.85. The summed E-state index contributed by atoms with van der Waals surface area (Å²) in [7, 11) is 0. The number of hydrogen-bond donors (Lipinski definition) is 2. The van der Waals surface area contributed by atoms with Gasteiger partial charge in [-0.1, -0.05) is 12.1 Å². The van der Waals surface area contributed by atoms with Gasteiger partial charge in [0.1, 0.15) is 0 Å². The topological polar surface area (TPSA) is 49.5 Å². The van der Waals surface area contributed by atoms with Crippen LogP contribution in [-0.2, 0) is 0 Å². The van der Waals surface area contributed by atoms with E-state index in [1.165, 1.54) is 0 Å². The Morgan fingerprint density at radius 3 is 2.88 bits per heavy atom. The number of aromatic nitrogens is 1. The fourth-order valence-corrected chi connectivity index (χ4v) is 1.87. The Kier molecular flexibility index (Phi) is 3.32. The Morgan fingerprint density at radius 2 is 2.18 bits per heavy atom. The van der Waals surface area contributed by atoms with Crippen molar-refractivity contribution in [3.63, 3.8) is 0 Å². The van der Waals surface area contributed by atoms with Gasteiger partial charge in [0.15, 0.2) is 5.49 Å². The van der Waals surface area contributed by atoms with Crippen LogP contribution in [0.2, 0.25) is 0 Å². The normalized spacial score (nSPS) is 12.0. The van der Waals surface area contributed by atoms with Crippen molar-refractivity contribution in [3.05, 3.63) is 36.0 Å². The molecule has 0 spiro atoms. The fourth-order valence-electron chi connectivity index (χ4n) is 1.87. The van der Waals surface area contributed by atoms with Gasteiger partial charge in [-0.2, -0.15) is 4.73 Å². The zero-order valence-electron chi connectivity index (χ0n) is 10.1. The zero-order valence-corrected chi connectivity index (χ0v) is 10.1. The number of nitrogens with one attached hydrogen (secondary N) is 1. The van der Waals surface area contributed by atoms with Crippen LogP contribution in [-0.4, -0.2) is 23.0 Å². The van der Waals surface area contributed by atoms with E-state index in [9.17, 15) is 5.21 Å². The highest BCUT2D eigenvalue weighted by Crippen LogP contribution is 2.21. The lowest BCUT2D eigenvalue weighted by Gasteiger charge is -2.09. The molecule has 1 aromatic heterocycles. The van der Waals surface area contributed by atoms with Gasteiger partial charge in [0.05, 0.1) is 6.20 Å². The van der Waals surface area contributed by atoms with E-state index >= 15 is 0 Å². The quantitative estimate of drug-likeness (QED) is 0.796. The van der Waals surface area contributed by atoms with E-state index in [1.54, 1.807) is 6.20 Å². The third-order valence-electron chi connectivity index (χ3n) is 2.60. The summed E-state index contributed by atoms with van der Waals surface area (Å²) in [5, 5.41) is 15.2. The lowest BCUT2D eigenvalue weighted by atomic mass is 10.1. The van der Waals surface area contributed by atoms with Gasteiger partial charge in [-0.25, -0.2) is 0 Å². The van der Waals surface area contributed by atoms with Crippen molar-refractivity contribution < 1.29 is 5.21 Å². The van der Waals surface area contributed by atoms with Crippen LogP contribution < -0.4 is 10.8 Å². The third-order valence-corrected chi connectivity index (χ3v) is 2.60. The van der Waals surface area contributed by atoms with E-state index in [0.717, 1.165) is 27.7 Å². The minimum absolute atomic E-state index is 0.577. The Hall–Kier alpha value is -1.97. The number of benzene rings is 1. The van der Waals surface area contributed by atoms with Gasteiger partial charge in [-0.05, 0) is 31.4 Å². The van der Waals surface area contributed by atoms with Crippen LogP contribution in [0.1, 0.15) is 13.8 Å². The Labute approximate surface area is 100 Å². The molecule has 4 nitrogen and oxygen atoms in total. The predicted molar refractivity (Wildman–Crippen MR) is 69.4 cm³/mol. The Morgan fingerprint density at radius 1 is 1.35 bits per heavy atom. The van der Waals surface area contributed by atoms with Crippen molar-refractivity contribution >= 4 is 16.5 Å². The number of pyridine rings is 1. The molecule has 4 heteroatoms. The molecule has 0 saturated heterocycles. The van der Waals surface area contributed by atoms with Crippen LogP contribution in [0.4, 0.5) is 5.69 Å². The molecule has 0 atom stereocenters. The molecule has 90 valence electrons. The van der Waals surface area contributed by atoms with Crippen molar-refractivity contribution in [2.45, 2.75) is 13.8 Å². The summed E-state index contributed by atoms with van der Waals surface area (Å²) in [5.41, 5.74) is 1.60. The largest absolute Gasteiger partial charge is 0.427 e. The van der Waals surface area contributed by atoms with E-state index < -0.39 is 0 Å². The Balaban J connectivity index is 2.69. The second-order valence-corrected chi connectivity index (χ2v) is 3.79. The second kappa shape index (κ2) is 4.91. The minimum Gasteiger partial charge on any atom is -0.427 e. The van der Waals surface area contributed by atoms with Crippen molar-refractivity contribution in [2.75, 3.05) is 18.4 Å². The molecule has 0 amide bonds.